The highest BCUT2D eigenvalue weighted by atomic mass is 31.3. The Morgan fingerprint density at radius 3 is 1.89 bits per heavy atom. The number of aliphatic hydroxyl groups excluding tert-OH is 5. The molecule has 4 heterocycles. The number of fused-ring (bicyclic) bond motifs is 1. The van der Waals surface area contributed by atoms with E-state index in [1.54, 1.807) is 7.05 Å². The topological polar surface area (TPSA) is 281 Å². The summed E-state index contributed by atoms with van der Waals surface area (Å²) >= 11 is 0. The lowest BCUT2D eigenvalue weighted by atomic mass is 10.1. The first-order valence-electron chi connectivity index (χ1n) is 13.6. The fraction of sp³-hybridized carbons (Fsp3) is 0.773. The number of nitrogens with one attached hydrogen (secondary N) is 1. The summed E-state index contributed by atoms with van der Waals surface area (Å²) in [6.07, 6.45) is -9.86. The highest BCUT2D eigenvalue weighted by Crippen LogP contribution is 2.60. The fourth-order valence-electron chi connectivity index (χ4n) is 4.37. The maximum atomic E-state index is 12.2. The van der Waals surface area contributed by atoms with E-state index >= 15 is 0 Å². The molecule has 2 aliphatic rings. The third kappa shape index (κ3) is 8.97. The van der Waals surface area contributed by atoms with E-state index in [9.17, 15) is 44.4 Å². The number of hydrogen-bond donors (Lipinski definition) is 8. The van der Waals surface area contributed by atoms with E-state index in [-0.39, 0.29) is 5.65 Å². The maximum Gasteiger partial charge on any atom is 0.481 e. The molecule has 2 aromatic rings. The van der Waals surface area contributed by atoms with Gasteiger partial charge in [-0.2, -0.15) is 4.31 Å². The van der Waals surface area contributed by atoms with Gasteiger partial charge in [0, 0.05) is 7.05 Å². The van der Waals surface area contributed by atoms with Crippen LogP contribution in [0.3, 0.4) is 0 Å². The van der Waals surface area contributed by atoms with Gasteiger partial charge in [0.1, 0.15) is 48.5 Å². The van der Waals surface area contributed by atoms with Crippen molar-refractivity contribution in [3.05, 3.63) is 12.7 Å². The first-order valence-corrected chi connectivity index (χ1v) is 16.6. The van der Waals surface area contributed by atoms with Crippen molar-refractivity contribution in [2.24, 2.45) is 0 Å². The molecular weight excluding hydrogens is 634 g/mol. The predicted molar refractivity (Wildman–Crippen MR) is 150 cm³/mol. The Morgan fingerprint density at radius 1 is 0.864 bits per heavy atom. The highest BCUT2D eigenvalue weighted by Gasteiger charge is 2.47. The van der Waals surface area contributed by atoms with E-state index in [1.807, 2.05) is 0 Å². The molecule has 3 unspecified atom stereocenters. The number of phosphoric ester groups is 2. The van der Waals surface area contributed by atoms with Crippen LogP contribution in [0.25, 0.3) is 11.2 Å². The van der Waals surface area contributed by atoms with Gasteiger partial charge in [0.2, 0.25) is 0 Å². The number of rotatable bonds is 13. The summed E-state index contributed by atoms with van der Waals surface area (Å²) in [6, 6.07) is 0. The molecule has 252 valence electrons. The van der Waals surface area contributed by atoms with Crippen LogP contribution < -0.4 is 5.32 Å². The van der Waals surface area contributed by atoms with Crippen LogP contribution in [-0.4, -0.2) is 143 Å². The van der Waals surface area contributed by atoms with Crippen molar-refractivity contribution in [3.8, 4) is 0 Å². The number of aliphatic hydroxyl groups is 5. The molecule has 8 N–H and O–H groups in total. The Morgan fingerprint density at radius 2 is 1.41 bits per heavy atom. The molecule has 0 aromatic carbocycles. The molecule has 44 heavy (non-hydrogen) atoms. The summed E-state index contributed by atoms with van der Waals surface area (Å²) < 4.78 is 49.1. The molecule has 20 nitrogen and oxygen atoms in total. The van der Waals surface area contributed by atoms with Crippen LogP contribution in [0.5, 0.6) is 0 Å². The van der Waals surface area contributed by atoms with Crippen molar-refractivity contribution in [2.75, 3.05) is 45.2 Å². The van der Waals surface area contributed by atoms with E-state index in [0.717, 1.165) is 0 Å². The van der Waals surface area contributed by atoms with Gasteiger partial charge in [-0.1, -0.05) is 20.8 Å². The van der Waals surface area contributed by atoms with Gasteiger partial charge < -0.3 is 55.0 Å². The van der Waals surface area contributed by atoms with Crippen molar-refractivity contribution in [1.29, 1.82) is 0 Å². The second-order valence-corrected chi connectivity index (χ2v) is 12.7. The lowest BCUT2D eigenvalue weighted by Crippen LogP contribution is -2.34. The molecule has 2 aromatic heterocycles. The van der Waals surface area contributed by atoms with Gasteiger partial charge in [0.25, 0.3) is 0 Å². The molecule has 0 radical (unpaired) electrons. The molecule has 0 aliphatic carbocycles. The summed E-state index contributed by atoms with van der Waals surface area (Å²) in [5, 5.41) is 52.0. The number of nitrogens with zero attached hydrogens (tertiary/aromatic N) is 5. The average Bonchev–Trinajstić information content (AvgIpc) is 3.61. The molecule has 10 atom stereocenters. The number of anilines is 1. The molecule has 0 amide bonds. The molecule has 4 rings (SSSR count). The molecule has 2 saturated heterocycles. The molecule has 22 heteroatoms. The summed E-state index contributed by atoms with van der Waals surface area (Å²) in [7, 11) is -8.97. The maximum absolute atomic E-state index is 12.2. The second kappa shape index (κ2) is 15.7. The summed E-state index contributed by atoms with van der Waals surface area (Å²) in [5.41, 5.74) is 0.601. The highest BCUT2D eigenvalue weighted by molar-refractivity contribution is 7.61. The van der Waals surface area contributed by atoms with Gasteiger partial charge in [-0.05, 0) is 19.6 Å². The van der Waals surface area contributed by atoms with Crippen molar-refractivity contribution in [3.63, 3.8) is 0 Å². The second-order valence-electron chi connectivity index (χ2n) is 9.62. The van der Waals surface area contributed by atoms with Crippen LogP contribution in [0.4, 0.5) is 5.82 Å². The standard InChI is InChI=1S/C16H25N5O14P2.C6H15N/c1-17-13-8-14(19-4-18-13)21(5-20-8)15-11(24)9(22)6(33-15)2-31-36(27,28)35-37(29,30)32-3-7-10(23)12(25)16(26)34-7;1-4-7(5-2)6-3/h4-7,9-12,15-16,22-26H,2-3H2,1H3,(H,27,28)(H,29,30)(H,17,18,19);4-6H2,1-3H3/t6-,7-,9-,10-,11-,12-,15-,16?;/m1./s1. The zero-order valence-electron chi connectivity index (χ0n) is 24.4. The first kappa shape index (κ1) is 36.8. The van der Waals surface area contributed by atoms with Gasteiger partial charge >= 0.3 is 15.6 Å². The third-order valence-corrected chi connectivity index (χ3v) is 9.50. The van der Waals surface area contributed by atoms with Gasteiger partial charge in [0.05, 0.1) is 19.5 Å². The first-order chi connectivity index (χ1) is 20.7. The van der Waals surface area contributed by atoms with Gasteiger partial charge in [-0.3, -0.25) is 13.6 Å². The third-order valence-electron chi connectivity index (χ3n) is 6.90. The van der Waals surface area contributed by atoms with E-state index in [1.165, 1.54) is 36.9 Å². The lowest BCUT2D eigenvalue weighted by molar-refractivity contribution is -0.132. The summed E-state index contributed by atoms with van der Waals surface area (Å²) in [5.74, 6) is 0.395. The van der Waals surface area contributed by atoms with Gasteiger partial charge in [-0.25, -0.2) is 24.1 Å². The average molecular weight is 675 g/mol. The molecule has 2 fully saturated rings. The van der Waals surface area contributed by atoms with Crippen LogP contribution in [0.1, 0.15) is 27.0 Å². The Labute approximate surface area is 252 Å². The van der Waals surface area contributed by atoms with Crippen molar-refractivity contribution in [2.45, 2.75) is 69.9 Å². The van der Waals surface area contributed by atoms with Crippen molar-refractivity contribution >= 4 is 32.6 Å². The number of ether oxygens (including phenoxy) is 2. The number of imidazole rings is 1. The molecule has 0 spiro atoms. The normalized spacial score (nSPS) is 31.5. The molecule has 2 aliphatic heterocycles. The lowest BCUT2D eigenvalue weighted by Gasteiger charge is -2.20. The van der Waals surface area contributed by atoms with Crippen LogP contribution in [0.2, 0.25) is 0 Å². The van der Waals surface area contributed by atoms with E-state index < -0.39 is 78.0 Å². The zero-order valence-corrected chi connectivity index (χ0v) is 26.2. The van der Waals surface area contributed by atoms with E-state index in [0.29, 0.717) is 11.3 Å². The Kier molecular flexibility index (Phi) is 13.1. The number of aromatic nitrogens is 4. The van der Waals surface area contributed by atoms with Crippen LogP contribution in [0, 0.1) is 0 Å². The van der Waals surface area contributed by atoms with Crippen LogP contribution in [0.15, 0.2) is 12.7 Å². The monoisotopic (exact) mass is 674 g/mol. The Hall–Kier alpha value is -1.71. The van der Waals surface area contributed by atoms with Crippen LogP contribution in [-0.2, 0) is 32.0 Å². The fourth-order valence-corrected chi connectivity index (χ4v) is 6.46. The zero-order chi connectivity index (χ0) is 32.8. The number of phosphoric acid groups is 2. The van der Waals surface area contributed by atoms with Crippen molar-refractivity contribution in [1.82, 2.24) is 24.4 Å². The molecule has 0 bridgehead atoms. The van der Waals surface area contributed by atoms with Gasteiger partial charge in [-0.15, -0.1) is 0 Å². The largest absolute Gasteiger partial charge is 0.481 e. The number of hydrogen-bond acceptors (Lipinski definition) is 17. The minimum Gasteiger partial charge on any atom is -0.387 e. The smallest absolute Gasteiger partial charge is 0.387 e. The van der Waals surface area contributed by atoms with E-state index in [4.69, 9.17) is 9.47 Å². The molecular formula is C22H40N6O14P2. The Bertz CT molecular complexity index is 1300. The Balaban J connectivity index is 0.000000676. The summed E-state index contributed by atoms with van der Waals surface area (Å²) in [4.78, 5) is 34.2. The minimum atomic E-state index is -5.30. The van der Waals surface area contributed by atoms with Crippen molar-refractivity contribution < 1.29 is 67.3 Å². The van der Waals surface area contributed by atoms with Crippen LogP contribution >= 0.6 is 15.6 Å². The molecule has 0 saturated carbocycles. The summed E-state index contributed by atoms with van der Waals surface area (Å²) in [6.45, 7) is 8.35. The minimum absolute atomic E-state index is 0.253. The predicted octanol–water partition coefficient (Wildman–Crippen LogP) is -1.48. The van der Waals surface area contributed by atoms with E-state index in [2.05, 4.69) is 59.3 Å². The van der Waals surface area contributed by atoms with Gasteiger partial charge in [0.15, 0.2) is 24.0 Å². The SMILES string of the molecule is CCN(CC)CC.CNc1ncnc2c1ncn2[C@@H]1O[C@H](COP(=O)(O)OP(=O)(O)OC[C@H]2OC(O)[C@H](O)[C@@H]2O)[C@@H](O)[C@H]1O. The quantitative estimate of drug-likeness (QED) is 0.113.